The minimum atomic E-state index is -4.79. The second-order valence-electron chi connectivity index (χ2n) is 8.40. The van der Waals surface area contributed by atoms with Crippen molar-refractivity contribution in [3.8, 4) is 5.75 Å². The molecule has 35 heavy (non-hydrogen) atoms. The molecule has 6 nitrogen and oxygen atoms in total. The summed E-state index contributed by atoms with van der Waals surface area (Å²) in [6, 6.07) is 10.5. The van der Waals surface area contributed by atoms with E-state index in [2.05, 4.69) is 37.2 Å². The molecule has 0 bridgehead atoms. The molecule has 0 radical (unpaired) electrons. The summed E-state index contributed by atoms with van der Waals surface area (Å²) >= 11 is 0. The summed E-state index contributed by atoms with van der Waals surface area (Å²) < 4.78 is 39.0. The minimum Gasteiger partial charge on any atom is -0.744 e. The SMILES string of the molecule is CCN(CC)c1ccc(C(=C2C=CC(=[N+](CC)CC)C=C2)c2cc(O)c(C)cc2S(=O)(=O)[O-])cc1. The van der Waals surface area contributed by atoms with Gasteiger partial charge in [-0.25, -0.2) is 13.0 Å². The second-order valence-corrected chi connectivity index (χ2v) is 9.75. The number of phenols is 1. The molecule has 186 valence electrons. The molecule has 0 aliphatic heterocycles. The van der Waals surface area contributed by atoms with Gasteiger partial charge in [-0.2, -0.15) is 0 Å². The van der Waals surface area contributed by atoms with Crippen LogP contribution in [-0.2, 0) is 10.1 Å². The van der Waals surface area contributed by atoms with E-state index < -0.39 is 10.1 Å². The molecule has 1 aliphatic carbocycles. The van der Waals surface area contributed by atoms with Gasteiger partial charge in [0.25, 0.3) is 0 Å². The Morgan fingerprint density at radius 1 is 0.943 bits per heavy atom. The summed E-state index contributed by atoms with van der Waals surface area (Å²) in [6.45, 7) is 13.4. The summed E-state index contributed by atoms with van der Waals surface area (Å²) in [6.07, 6.45) is 7.84. The van der Waals surface area contributed by atoms with E-state index in [1.807, 2.05) is 48.6 Å². The smallest absolute Gasteiger partial charge is 0.199 e. The molecular weight excluding hydrogens is 460 g/mol. The van der Waals surface area contributed by atoms with Gasteiger partial charge in [0.2, 0.25) is 0 Å². The highest BCUT2D eigenvalue weighted by molar-refractivity contribution is 7.85. The number of nitrogens with zero attached hydrogens (tertiary/aromatic N) is 2. The largest absolute Gasteiger partial charge is 0.744 e. The van der Waals surface area contributed by atoms with Crippen LogP contribution in [0.25, 0.3) is 5.57 Å². The summed E-state index contributed by atoms with van der Waals surface area (Å²) in [5.41, 5.74) is 4.71. The van der Waals surface area contributed by atoms with E-state index in [0.717, 1.165) is 48.7 Å². The molecule has 2 aromatic carbocycles. The van der Waals surface area contributed by atoms with Crippen LogP contribution in [-0.4, -0.2) is 54.5 Å². The predicted molar refractivity (Wildman–Crippen MR) is 141 cm³/mol. The molecule has 0 atom stereocenters. The van der Waals surface area contributed by atoms with Crippen molar-refractivity contribution in [1.82, 2.24) is 0 Å². The van der Waals surface area contributed by atoms with Crippen LogP contribution >= 0.6 is 0 Å². The van der Waals surface area contributed by atoms with E-state index in [-0.39, 0.29) is 16.2 Å². The zero-order valence-electron chi connectivity index (χ0n) is 21.1. The Kier molecular flexibility index (Phi) is 8.35. The molecular formula is C28H34N2O4S. The Morgan fingerprint density at radius 3 is 2.00 bits per heavy atom. The number of aromatic hydroxyl groups is 1. The first kappa shape index (κ1) is 26.4. The summed E-state index contributed by atoms with van der Waals surface area (Å²) in [5, 5.41) is 10.5. The zero-order valence-corrected chi connectivity index (χ0v) is 21.9. The average Bonchev–Trinajstić information content (AvgIpc) is 2.84. The van der Waals surface area contributed by atoms with Crippen molar-refractivity contribution in [3.63, 3.8) is 0 Å². The molecule has 0 fully saturated rings. The van der Waals surface area contributed by atoms with E-state index in [1.54, 1.807) is 6.92 Å². The van der Waals surface area contributed by atoms with Gasteiger partial charge >= 0.3 is 0 Å². The third kappa shape index (κ3) is 5.74. The van der Waals surface area contributed by atoms with Crippen molar-refractivity contribution in [1.29, 1.82) is 0 Å². The van der Waals surface area contributed by atoms with Crippen LogP contribution in [0.3, 0.4) is 0 Å². The lowest BCUT2D eigenvalue weighted by Gasteiger charge is -2.23. The van der Waals surface area contributed by atoms with Crippen LogP contribution in [0.4, 0.5) is 5.69 Å². The van der Waals surface area contributed by atoms with E-state index in [1.165, 1.54) is 12.1 Å². The van der Waals surface area contributed by atoms with Crippen LogP contribution in [0.1, 0.15) is 44.4 Å². The lowest BCUT2D eigenvalue weighted by atomic mass is 9.90. The van der Waals surface area contributed by atoms with Gasteiger partial charge in [0, 0.05) is 36.5 Å². The second kappa shape index (κ2) is 11.1. The van der Waals surface area contributed by atoms with Crippen LogP contribution in [0, 0.1) is 6.92 Å². The van der Waals surface area contributed by atoms with E-state index in [0.29, 0.717) is 11.1 Å². The lowest BCUT2D eigenvalue weighted by molar-refractivity contribution is -0.519. The molecule has 3 rings (SSSR count). The van der Waals surface area contributed by atoms with Crippen LogP contribution in [0.15, 0.2) is 71.2 Å². The molecule has 0 unspecified atom stereocenters. The third-order valence-electron chi connectivity index (χ3n) is 6.41. The van der Waals surface area contributed by atoms with Crippen LogP contribution in [0.5, 0.6) is 5.75 Å². The summed E-state index contributed by atoms with van der Waals surface area (Å²) in [7, 11) is -4.79. The number of phenolic OH excluding ortho intramolecular Hbond substituents is 1. The number of aryl methyl sites for hydroxylation is 1. The fraction of sp³-hybridized carbons (Fsp3) is 0.321. The monoisotopic (exact) mass is 494 g/mol. The van der Waals surface area contributed by atoms with E-state index in [9.17, 15) is 18.1 Å². The van der Waals surface area contributed by atoms with Gasteiger partial charge in [-0.05, 0) is 93.3 Å². The molecule has 0 spiro atoms. The normalized spacial score (nSPS) is 13.3. The molecule has 0 saturated heterocycles. The van der Waals surface area contributed by atoms with Gasteiger partial charge in [0.1, 0.15) is 29.0 Å². The van der Waals surface area contributed by atoms with Crippen molar-refractivity contribution in [2.45, 2.75) is 39.5 Å². The third-order valence-corrected chi connectivity index (χ3v) is 7.28. The Morgan fingerprint density at radius 2 is 1.51 bits per heavy atom. The van der Waals surface area contributed by atoms with Crippen LogP contribution in [0.2, 0.25) is 0 Å². The predicted octanol–water partition coefficient (Wildman–Crippen LogP) is 4.87. The van der Waals surface area contributed by atoms with Gasteiger partial charge in [0.05, 0.1) is 4.90 Å². The Bertz CT molecular complexity index is 1290. The highest BCUT2D eigenvalue weighted by Crippen LogP contribution is 2.37. The fourth-order valence-corrected chi connectivity index (χ4v) is 5.16. The number of hydrogen-bond acceptors (Lipinski definition) is 5. The maximum absolute atomic E-state index is 12.3. The maximum Gasteiger partial charge on any atom is 0.199 e. The average molecular weight is 495 g/mol. The number of rotatable bonds is 8. The maximum atomic E-state index is 12.3. The molecule has 2 aromatic rings. The highest BCUT2D eigenvalue weighted by atomic mass is 32.2. The van der Waals surface area contributed by atoms with Crippen molar-refractivity contribution in [3.05, 3.63) is 83.0 Å². The molecule has 1 N–H and O–H groups in total. The lowest BCUT2D eigenvalue weighted by Crippen LogP contribution is -2.21. The summed E-state index contributed by atoms with van der Waals surface area (Å²) in [4.78, 5) is 1.87. The standard InChI is InChI=1S/C28H34N2O4S/c1-6-29(7-2)23-14-10-21(11-15-23)28(22-12-16-24(17-13-22)30(8-3)9-4)25-19-26(31)20(5)18-27(25)35(32,33)34/h10-19H,6-9H2,1-5H3,(H-,31,32,33,34). The first-order valence-electron chi connectivity index (χ1n) is 12.0. The van der Waals surface area contributed by atoms with Gasteiger partial charge in [0.15, 0.2) is 5.71 Å². The fourth-order valence-electron chi connectivity index (χ4n) is 4.41. The van der Waals surface area contributed by atoms with Crippen molar-refractivity contribution in [2.24, 2.45) is 0 Å². The van der Waals surface area contributed by atoms with Crippen molar-refractivity contribution < 1.29 is 22.7 Å². The van der Waals surface area contributed by atoms with Gasteiger partial charge in [-0.1, -0.05) is 12.1 Å². The van der Waals surface area contributed by atoms with Gasteiger partial charge in [-0.15, -0.1) is 0 Å². The molecule has 0 saturated carbocycles. The Labute approximate surface area is 209 Å². The Hall–Kier alpha value is -3.16. The minimum absolute atomic E-state index is 0.0653. The zero-order chi connectivity index (χ0) is 25.8. The topological polar surface area (TPSA) is 83.7 Å². The number of hydrogen-bond donors (Lipinski definition) is 1. The summed E-state index contributed by atoms with van der Waals surface area (Å²) in [5.74, 6) is -0.0653. The number of anilines is 1. The molecule has 0 amide bonds. The quantitative estimate of drug-likeness (QED) is 0.418. The van der Waals surface area contributed by atoms with Crippen molar-refractivity contribution in [2.75, 3.05) is 31.1 Å². The first-order valence-corrected chi connectivity index (χ1v) is 13.4. The van der Waals surface area contributed by atoms with E-state index in [4.69, 9.17) is 0 Å². The van der Waals surface area contributed by atoms with Crippen molar-refractivity contribution >= 4 is 27.1 Å². The molecule has 0 heterocycles. The van der Waals surface area contributed by atoms with Gasteiger partial charge < -0.3 is 14.6 Å². The van der Waals surface area contributed by atoms with E-state index >= 15 is 0 Å². The highest BCUT2D eigenvalue weighted by Gasteiger charge is 2.21. The first-order chi connectivity index (χ1) is 16.6. The molecule has 7 heteroatoms. The Balaban J connectivity index is 2.31. The van der Waals surface area contributed by atoms with Crippen LogP contribution < -0.4 is 4.90 Å². The molecule has 0 aromatic heterocycles. The van der Waals surface area contributed by atoms with Gasteiger partial charge in [-0.3, -0.25) is 0 Å². The number of allylic oxidation sites excluding steroid dienone is 5. The molecule has 1 aliphatic rings. The number of benzene rings is 2.